The molecule has 6 nitrogen and oxygen atoms in total. The van der Waals surface area contributed by atoms with E-state index in [2.05, 4.69) is 5.32 Å². The number of nitrogens with zero attached hydrogens (tertiary/aromatic N) is 1. The van der Waals surface area contributed by atoms with Gasteiger partial charge in [-0.1, -0.05) is 41.9 Å². The molecule has 0 bridgehead atoms. The summed E-state index contributed by atoms with van der Waals surface area (Å²) < 4.78 is 11.0. The maximum Gasteiger partial charge on any atom is 0.325 e. The number of amides is 3. The van der Waals surface area contributed by atoms with Crippen molar-refractivity contribution in [3.63, 3.8) is 0 Å². The normalized spacial score (nSPS) is 18.8. The molecule has 2 aliphatic heterocycles. The SMILES string of the molecule is O=C1N[C@H](Cc2ccccc2)C(=O)N1Cc1cc(Cl)c2c(c1)OCCO2. The Hall–Kier alpha value is -2.73. The molecule has 0 radical (unpaired) electrons. The van der Waals surface area contributed by atoms with Crippen LogP contribution in [0.2, 0.25) is 5.02 Å². The van der Waals surface area contributed by atoms with Gasteiger partial charge in [-0.2, -0.15) is 0 Å². The van der Waals surface area contributed by atoms with Crippen molar-refractivity contribution < 1.29 is 19.1 Å². The monoisotopic (exact) mass is 372 g/mol. The van der Waals surface area contributed by atoms with Gasteiger partial charge < -0.3 is 14.8 Å². The van der Waals surface area contributed by atoms with Gasteiger partial charge >= 0.3 is 6.03 Å². The van der Waals surface area contributed by atoms with Gasteiger partial charge in [0.25, 0.3) is 5.91 Å². The number of carbonyl (C=O) groups is 2. The van der Waals surface area contributed by atoms with Gasteiger partial charge in [0.05, 0.1) is 11.6 Å². The Kier molecular flexibility index (Phi) is 4.42. The fourth-order valence-corrected chi connectivity index (χ4v) is 3.44. The average Bonchev–Trinajstić information content (AvgIpc) is 2.90. The standard InChI is InChI=1S/C19H17ClN2O4/c20-14-8-13(10-16-17(14)26-7-6-25-16)11-22-18(23)15(21-19(22)24)9-12-4-2-1-3-5-12/h1-5,8,10,15H,6-7,9,11H2,(H,21,24)/t15-/m1/s1. The number of ether oxygens (including phenoxy) is 2. The van der Waals surface area contributed by atoms with E-state index in [1.54, 1.807) is 12.1 Å². The second-order valence-corrected chi connectivity index (χ2v) is 6.63. The van der Waals surface area contributed by atoms with Crippen molar-refractivity contribution in [1.82, 2.24) is 10.2 Å². The van der Waals surface area contributed by atoms with Crippen molar-refractivity contribution in [2.75, 3.05) is 13.2 Å². The van der Waals surface area contributed by atoms with Crippen molar-refractivity contribution in [2.45, 2.75) is 19.0 Å². The second kappa shape index (κ2) is 6.88. The van der Waals surface area contributed by atoms with E-state index in [-0.39, 0.29) is 12.5 Å². The summed E-state index contributed by atoms with van der Waals surface area (Å²) in [4.78, 5) is 26.1. The molecule has 0 spiro atoms. The fourth-order valence-electron chi connectivity index (χ4n) is 3.15. The largest absolute Gasteiger partial charge is 0.486 e. The summed E-state index contributed by atoms with van der Waals surface area (Å²) in [5.41, 5.74) is 1.71. The van der Waals surface area contributed by atoms with E-state index in [9.17, 15) is 9.59 Å². The Labute approximate surface area is 155 Å². The van der Waals surface area contributed by atoms with Gasteiger partial charge in [0, 0.05) is 6.42 Å². The Bertz CT molecular complexity index is 856. The number of hydrogen-bond donors (Lipinski definition) is 1. The third kappa shape index (κ3) is 3.20. The van der Waals surface area contributed by atoms with Crippen LogP contribution in [-0.2, 0) is 17.8 Å². The van der Waals surface area contributed by atoms with Crippen molar-refractivity contribution in [3.05, 3.63) is 58.6 Å². The zero-order valence-corrected chi connectivity index (χ0v) is 14.7. The number of carbonyl (C=O) groups excluding carboxylic acids is 2. The number of benzene rings is 2. The summed E-state index contributed by atoms with van der Waals surface area (Å²) in [5, 5.41) is 3.16. The molecule has 2 aliphatic rings. The van der Waals surface area contributed by atoms with Crippen LogP contribution in [0.15, 0.2) is 42.5 Å². The van der Waals surface area contributed by atoms with Gasteiger partial charge in [0.1, 0.15) is 19.3 Å². The maximum atomic E-state index is 12.7. The van der Waals surface area contributed by atoms with Gasteiger partial charge in [-0.15, -0.1) is 0 Å². The lowest BCUT2D eigenvalue weighted by Crippen LogP contribution is -2.32. The van der Waals surface area contributed by atoms with Crippen molar-refractivity contribution in [3.8, 4) is 11.5 Å². The zero-order valence-electron chi connectivity index (χ0n) is 13.9. The highest BCUT2D eigenvalue weighted by atomic mass is 35.5. The van der Waals surface area contributed by atoms with Gasteiger partial charge in [-0.25, -0.2) is 4.79 Å². The first-order valence-electron chi connectivity index (χ1n) is 8.35. The molecule has 0 saturated carbocycles. The molecule has 0 unspecified atom stereocenters. The van der Waals surface area contributed by atoms with Gasteiger partial charge in [0.15, 0.2) is 11.5 Å². The molecule has 1 N–H and O–H groups in total. The van der Waals surface area contributed by atoms with Crippen LogP contribution >= 0.6 is 11.6 Å². The molecule has 7 heteroatoms. The minimum absolute atomic E-state index is 0.131. The van der Waals surface area contributed by atoms with Crippen molar-refractivity contribution in [1.29, 1.82) is 0 Å². The molecule has 2 heterocycles. The van der Waals surface area contributed by atoms with E-state index in [1.165, 1.54) is 4.90 Å². The summed E-state index contributed by atoms with van der Waals surface area (Å²) in [6.07, 6.45) is 0.462. The Balaban J connectivity index is 1.51. The van der Waals surface area contributed by atoms with Crippen LogP contribution in [0.5, 0.6) is 11.5 Å². The van der Waals surface area contributed by atoms with Gasteiger partial charge in [0.2, 0.25) is 0 Å². The van der Waals surface area contributed by atoms with E-state index in [0.29, 0.717) is 41.7 Å². The number of nitrogens with one attached hydrogen (secondary N) is 1. The van der Waals surface area contributed by atoms with Crippen LogP contribution in [0.4, 0.5) is 4.79 Å². The van der Waals surface area contributed by atoms with E-state index in [1.807, 2.05) is 30.3 Å². The second-order valence-electron chi connectivity index (χ2n) is 6.22. The predicted octanol–water partition coefficient (Wildman–Crippen LogP) is 2.77. The molecule has 2 aromatic carbocycles. The summed E-state index contributed by atoms with van der Waals surface area (Å²) in [7, 11) is 0. The lowest BCUT2D eigenvalue weighted by atomic mass is 10.1. The maximum absolute atomic E-state index is 12.7. The summed E-state index contributed by atoms with van der Waals surface area (Å²) in [5.74, 6) is 0.789. The molecular formula is C19H17ClN2O4. The highest BCUT2D eigenvalue weighted by Gasteiger charge is 2.38. The molecule has 4 rings (SSSR count). The third-order valence-electron chi connectivity index (χ3n) is 4.39. The topological polar surface area (TPSA) is 67.9 Å². The molecular weight excluding hydrogens is 356 g/mol. The van der Waals surface area contributed by atoms with Crippen LogP contribution in [0.3, 0.4) is 0 Å². The minimum atomic E-state index is -0.558. The van der Waals surface area contributed by atoms with Crippen LogP contribution in [0, 0.1) is 0 Å². The molecule has 26 heavy (non-hydrogen) atoms. The minimum Gasteiger partial charge on any atom is -0.486 e. The number of hydrogen-bond acceptors (Lipinski definition) is 4. The van der Waals surface area contributed by atoms with Crippen LogP contribution < -0.4 is 14.8 Å². The van der Waals surface area contributed by atoms with E-state index in [4.69, 9.17) is 21.1 Å². The first-order chi connectivity index (χ1) is 12.6. The predicted molar refractivity (Wildman–Crippen MR) is 95.5 cm³/mol. The molecule has 0 aromatic heterocycles. The van der Waals surface area contributed by atoms with E-state index < -0.39 is 12.1 Å². The Morgan fingerprint density at radius 2 is 1.85 bits per heavy atom. The number of imide groups is 1. The quantitative estimate of drug-likeness (QED) is 0.838. The van der Waals surface area contributed by atoms with Gasteiger partial charge in [-0.05, 0) is 23.3 Å². The molecule has 134 valence electrons. The van der Waals surface area contributed by atoms with Crippen molar-refractivity contribution >= 4 is 23.5 Å². The highest BCUT2D eigenvalue weighted by molar-refractivity contribution is 6.32. The Morgan fingerprint density at radius 1 is 1.08 bits per heavy atom. The van der Waals surface area contributed by atoms with E-state index >= 15 is 0 Å². The summed E-state index contributed by atoms with van der Waals surface area (Å²) in [6, 6.07) is 12.1. The Morgan fingerprint density at radius 3 is 2.65 bits per heavy atom. The average molecular weight is 373 g/mol. The van der Waals surface area contributed by atoms with Crippen molar-refractivity contribution in [2.24, 2.45) is 0 Å². The number of fused-ring (bicyclic) bond motifs is 1. The summed E-state index contributed by atoms with van der Waals surface area (Å²) in [6.45, 7) is 1.02. The third-order valence-corrected chi connectivity index (χ3v) is 4.67. The smallest absolute Gasteiger partial charge is 0.325 e. The highest BCUT2D eigenvalue weighted by Crippen LogP contribution is 2.38. The molecule has 2 aromatic rings. The molecule has 0 aliphatic carbocycles. The fraction of sp³-hybridized carbons (Fsp3) is 0.263. The first kappa shape index (κ1) is 16.7. The zero-order chi connectivity index (χ0) is 18.1. The summed E-state index contributed by atoms with van der Waals surface area (Å²) >= 11 is 6.23. The molecule has 1 saturated heterocycles. The number of rotatable bonds is 4. The first-order valence-corrected chi connectivity index (χ1v) is 8.73. The lowest BCUT2D eigenvalue weighted by Gasteiger charge is -2.21. The lowest BCUT2D eigenvalue weighted by molar-refractivity contribution is -0.127. The number of halogens is 1. The van der Waals surface area contributed by atoms with E-state index in [0.717, 1.165) is 5.56 Å². The van der Waals surface area contributed by atoms with Crippen LogP contribution in [0.25, 0.3) is 0 Å². The van der Waals surface area contributed by atoms with Crippen LogP contribution in [-0.4, -0.2) is 36.1 Å². The molecule has 1 fully saturated rings. The van der Waals surface area contributed by atoms with Gasteiger partial charge in [-0.3, -0.25) is 9.69 Å². The molecule has 1 atom stereocenters. The number of urea groups is 1. The van der Waals surface area contributed by atoms with Crippen LogP contribution in [0.1, 0.15) is 11.1 Å². The molecule has 3 amide bonds.